The summed E-state index contributed by atoms with van der Waals surface area (Å²) >= 11 is 3.37. The van der Waals surface area contributed by atoms with Gasteiger partial charge < -0.3 is 4.74 Å². The maximum atomic E-state index is 5.54. The summed E-state index contributed by atoms with van der Waals surface area (Å²) in [5.74, 6) is 1.25. The van der Waals surface area contributed by atoms with Crippen molar-refractivity contribution in [2.45, 2.75) is 6.92 Å². The van der Waals surface area contributed by atoms with Crippen LogP contribution in [0, 0.1) is 6.92 Å². The molecule has 0 spiro atoms. The van der Waals surface area contributed by atoms with Gasteiger partial charge in [0.05, 0.1) is 6.20 Å². The summed E-state index contributed by atoms with van der Waals surface area (Å²) in [6.07, 6.45) is 1.69. The zero-order valence-electron chi connectivity index (χ0n) is 8.14. The van der Waals surface area contributed by atoms with E-state index in [-0.39, 0.29) is 0 Å². The fourth-order valence-corrected chi connectivity index (χ4v) is 1.52. The van der Waals surface area contributed by atoms with Crippen molar-refractivity contribution in [2.24, 2.45) is 0 Å². The third-order valence-corrected chi connectivity index (χ3v) is 2.28. The zero-order chi connectivity index (χ0) is 10.7. The van der Waals surface area contributed by atoms with Gasteiger partial charge in [-0.2, -0.15) is 5.10 Å². The van der Waals surface area contributed by atoms with Crippen LogP contribution in [0.25, 0.3) is 0 Å². The Morgan fingerprint density at radius 1 is 1.27 bits per heavy atom. The van der Waals surface area contributed by atoms with Crippen molar-refractivity contribution in [3.63, 3.8) is 0 Å². The van der Waals surface area contributed by atoms with Gasteiger partial charge in [-0.3, -0.25) is 0 Å². The first-order valence-electron chi connectivity index (χ1n) is 4.47. The lowest BCUT2D eigenvalue weighted by atomic mass is 10.3. The minimum Gasteiger partial charge on any atom is -0.437 e. The minimum atomic E-state index is 0.508. The van der Waals surface area contributed by atoms with Gasteiger partial charge in [-0.15, -0.1) is 5.10 Å². The van der Waals surface area contributed by atoms with Crippen LogP contribution in [0.15, 0.2) is 41.0 Å². The number of aromatic nitrogens is 2. The Morgan fingerprint density at radius 2 is 2.13 bits per heavy atom. The zero-order valence-corrected chi connectivity index (χ0v) is 9.73. The molecule has 0 unspecified atom stereocenters. The van der Waals surface area contributed by atoms with Gasteiger partial charge in [0.1, 0.15) is 5.75 Å². The minimum absolute atomic E-state index is 0.508. The van der Waals surface area contributed by atoms with E-state index in [0.29, 0.717) is 5.88 Å². The number of hydrogen-bond acceptors (Lipinski definition) is 3. The molecular weight excluding hydrogens is 256 g/mol. The molecule has 1 aromatic carbocycles. The Labute approximate surface area is 96.2 Å². The second-order valence-corrected chi connectivity index (χ2v) is 4.05. The average molecular weight is 265 g/mol. The second-order valence-electron chi connectivity index (χ2n) is 3.13. The maximum Gasteiger partial charge on any atom is 0.239 e. The molecule has 0 amide bonds. The molecule has 0 bridgehead atoms. The summed E-state index contributed by atoms with van der Waals surface area (Å²) in [6, 6.07) is 9.43. The van der Waals surface area contributed by atoms with Gasteiger partial charge >= 0.3 is 0 Å². The molecule has 2 aromatic rings. The molecule has 1 aromatic heterocycles. The van der Waals surface area contributed by atoms with Gasteiger partial charge in [-0.05, 0) is 30.7 Å². The molecular formula is C11H9BrN2O. The Morgan fingerprint density at radius 3 is 2.87 bits per heavy atom. The summed E-state index contributed by atoms with van der Waals surface area (Å²) in [5, 5.41) is 7.69. The smallest absolute Gasteiger partial charge is 0.239 e. The molecule has 0 aliphatic heterocycles. The van der Waals surface area contributed by atoms with Crippen LogP contribution in [-0.4, -0.2) is 10.2 Å². The highest BCUT2D eigenvalue weighted by Gasteiger charge is 1.99. The summed E-state index contributed by atoms with van der Waals surface area (Å²) in [6.45, 7) is 1.95. The number of rotatable bonds is 2. The molecule has 2 rings (SSSR count). The number of aryl methyl sites for hydroxylation is 1. The van der Waals surface area contributed by atoms with Crippen LogP contribution < -0.4 is 4.74 Å². The Balaban J connectivity index is 2.22. The van der Waals surface area contributed by atoms with Crippen molar-refractivity contribution in [2.75, 3.05) is 0 Å². The van der Waals surface area contributed by atoms with Crippen LogP contribution in [0.5, 0.6) is 11.6 Å². The molecule has 0 fully saturated rings. The van der Waals surface area contributed by atoms with Crippen molar-refractivity contribution in [3.05, 3.63) is 46.6 Å². The fourth-order valence-electron chi connectivity index (χ4n) is 1.14. The van der Waals surface area contributed by atoms with E-state index in [4.69, 9.17) is 4.74 Å². The predicted molar refractivity (Wildman–Crippen MR) is 61.0 cm³/mol. The first-order valence-corrected chi connectivity index (χ1v) is 5.26. The van der Waals surface area contributed by atoms with Crippen molar-refractivity contribution < 1.29 is 4.74 Å². The lowest BCUT2D eigenvalue weighted by Crippen LogP contribution is -1.90. The van der Waals surface area contributed by atoms with E-state index in [0.717, 1.165) is 15.8 Å². The summed E-state index contributed by atoms with van der Waals surface area (Å²) in [4.78, 5) is 0. The highest BCUT2D eigenvalue weighted by molar-refractivity contribution is 9.10. The topological polar surface area (TPSA) is 35.0 Å². The van der Waals surface area contributed by atoms with Crippen LogP contribution in [0.4, 0.5) is 0 Å². The molecule has 0 aliphatic carbocycles. The molecule has 4 heteroatoms. The van der Waals surface area contributed by atoms with Gasteiger partial charge in [0.25, 0.3) is 0 Å². The highest BCUT2D eigenvalue weighted by atomic mass is 79.9. The standard InChI is InChI=1S/C11H9BrN2O/c1-8-5-11(14-13-7-8)15-10-4-2-3-9(12)6-10/h2-7H,1H3. The molecule has 1 heterocycles. The fraction of sp³-hybridized carbons (Fsp3) is 0.0909. The summed E-state index contributed by atoms with van der Waals surface area (Å²) in [5.41, 5.74) is 1.02. The van der Waals surface area contributed by atoms with Gasteiger partial charge in [0.2, 0.25) is 5.88 Å². The Kier molecular flexibility index (Phi) is 2.97. The van der Waals surface area contributed by atoms with E-state index in [9.17, 15) is 0 Å². The third kappa shape index (κ3) is 2.76. The Bertz CT molecular complexity index is 430. The second kappa shape index (κ2) is 4.40. The third-order valence-electron chi connectivity index (χ3n) is 1.79. The van der Waals surface area contributed by atoms with E-state index >= 15 is 0 Å². The number of halogens is 1. The van der Waals surface area contributed by atoms with Gasteiger partial charge in [0, 0.05) is 10.5 Å². The molecule has 0 radical (unpaired) electrons. The molecule has 0 saturated heterocycles. The van der Waals surface area contributed by atoms with Crippen molar-refractivity contribution >= 4 is 15.9 Å². The lowest BCUT2D eigenvalue weighted by molar-refractivity contribution is 0.454. The normalized spacial score (nSPS) is 10.0. The van der Waals surface area contributed by atoms with E-state index in [1.165, 1.54) is 0 Å². The van der Waals surface area contributed by atoms with E-state index in [2.05, 4.69) is 26.1 Å². The van der Waals surface area contributed by atoms with Gasteiger partial charge in [-0.1, -0.05) is 22.0 Å². The number of ether oxygens (including phenoxy) is 1. The monoisotopic (exact) mass is 264 g/mol. The van der Waals surface area contributed by atoms with Crippen LogP contribution in [0.1, 0.15) is 5.56 Å². The van der Waals surface area contributed by atoms with Crippen LogP contribution in [-0.2, 0) is 0 Å². The van der Waals surface area contributed by atoms with E-state index in [1.807, 2.05) is 37.3 Å². The SMILES string of the molecule is Cc1cnnc(Oc2cccc(Br)c2)c1. The predicted octanol–water partition coefficient (Wildman–Crippen LogP) is 3.34. The van der Waals surface area contributed by atoms with Crippen molar-refractivity contribution in [3.8, 4) is 11.6 Å². The van der Waals surface area contributed by atoms with Crippen LogP contribution >= 0.6 is 15.9 Å². The lowest BCUT2D eigenvalue weighted by Gasteiger charge is -2.04. The largest absolute Gasteiger partial charge is 0.437 e. The highest BCUT2D eigenvalue weighted by Crippen LogP contribution is 2.22. The molecule has 3 nitrogen and oxygen atoms in total. The quantitative estimate of drug-likeness (QED) is 0.835. The van der Waals surface area contributed by atoms with Gasteiger partial charge in [-0.25, -0.2) is 0 Å². The van der Waals surface area contributed by atoms with Crippen molar-refractivity contribution in [1.82, 2.24) is 10.2 Å². The molecule has 76 valence electrons. The number of nitrogens with zero attached hydrogens (tertiary/aromatic N) is 2. The first kappa shape index (κ1) is 10.1. The molecule has 0 atom stereocenters. The average Bonchev–Trinajstić information content (AvgIpc) is 2.17. The molecule has 0 aliphatic rings. The summed E-state index contributed by atoms with van der Waals surface area (Å²) < 4.78 is 6.51. The first-order chi connectivity index (χ1) is 7.24. The van der Waals surface area contributed by atoms with Crippen LogP contribution in [0.2, 0.25) is 0 Å². The van der Waals surface area contributed by atoms with Crippen molar-refractivity contribution in [1.29, 1.82) is 0 Å². The maximum absolute atomic E-state index is 5.54. The Hall–Kier alpha value is -1.42. The summed E-state index contributed by atoms with van der Waals surface area (Å²) in [7, 11) is 0. The number of benzene rings is 1. The molecule has 0 N–H and O–H groups in total. The van der Waals surface area contributed by atoms with E-state index in [1.54, 1.807) is 6.20 Å². The number of hydrogen-bond donors (Lipinski definition) is 0. The molecule has 0 saturated carbocycles. The van der Waals surface area contributed by atoms with Gasteiger partial charge in [0.15, 0.2) is 0 Å². The van der Waals surface area contributed by atoms with Crippen LogP contribution in [0.3, 0.4) is 0 Å². The molecule has 15 heavy (non-hydrogen) atoms. The van der Waals surface area contributed by atoms with E-state index < -0.39 is 0 Å².